The summed E-state index contributed by atoms with van der Waals surface area (Å²) in [6, 6.07) is 5.86. The van der Waals surface area contributed by atoms with Crippen LogP contribution in [0, 0.1) is 0 Å². The monoisotopic (exact) mass is 306 g/mol. The molecule has 0 bridgehead atoms. The highest BCUT2D eigenvalue weighted by Gasteiger charge is 2.09. The zero-order valence-corrected chi connectivity index (χ0v) is 11.3. The van der Waals surface area contributed by atoms with Crippen LogP contribution < -0.4 is 11.1 Å². The number of aliphatic hydroxyl groups is 1. The molecule has 1 rings (SSSR count). The van der Waals surface area contributed by atoms with Crippen LogP contribution in [-0.4, -0.2) is 24.8 Å². The van der Waals surface area contributed by atoms with E-state index in [9.17, 15) is 0 Å². The van der Waals surface area contributed by atoms with Crippen LogP contribution in [0.25, 0.3) is 0 Å². The Morgan fingerprint density at radius 2 is 2.25 bits per heavy atom. The zero-order chi connectivity index (χ0) is 12.0. The Morgan fingerprint density at radius 3 is 2.81 bits per heavy atom. The number of nitrogens with two attached hydrogens (primary N) is 1. The van der Waals surface area contributed by atoms with Gasteiger partial charge in [0.25, 0.3) is 0 Å². The Hall–Kier alpha value is -0.130. The van der Waals surface area contributed by atoms with E-state index >= 15 is 0 Å². The van der Waals surface area contributed by atoms with Crippen molar-refractivity contribution in [1.82, 2.24) is 5.32 Å². The van der Waals surface area contributed by atoms with Gasteiger partial charge in [-0.3, -0.25) is 0 Å². The summed E-state index contributed by atoms with van der Waals surface area (Å²) in [4.78, 5) is 0. The summed E-state index contributed by atoms with van der Waals surface area (Å²) < 4.78 is 0.870. The summed E-state index contributed by atoms with van der Waals surface area (Å²) in [5.74, 6) is 0. The third kappa shape index (κ3) is 4.03. The lowest BCUT2D eigenvalue weighted by Gasteiger charge is -2.17. The van der Waals surface area contributed by atoms with Crippen molar-refractivity contribution in [1.29, 1.82) is 0 Å². The van der Waals surface area contributed by atoms with Gasteiger partial charge in [0.2, 0.25) is 0 Å². The molecule has 0 aromatic heterocycles. The Kier molecular flexibility index (Phi) is 6.31. The molecule has 1 unspecified atom stereocenters. The summed E-state index contributed by atoms with van der Waals surface area (Å²) >= 11 is 9.31. The van der Waals surface area contributed by atoms with Crippen LogP contribution in [-0.2, 0) is 0 Å². The highest BCUT2D eigenvalue weighted by Crippen LogP contribution is 2.25. The van der Waals surface area contributed by atoms with Crippen LogP contribution in [0.2, 0.25) is 5.02 Å². The first-order valence-corrected chi connectivity index (χ1v) is 6.35. The van der Waals surface area contributed by atoms with Crippen LogP contribution in [0.5, 0.6) is 0 Å². The van der Waals surface area contributed by atoms with Crippen LogP contribution >= 0.6 is 27.5 Å². The highest BCUT2D eigenvalue weighted by atomic mass is 79.9. The lowest BCUT2D eigenvalue weighted by atomic mass is 10.1. The van der Waals surface area contributed by atoms with E-state index < -0.39 is 0 Å². The van der Waals surface area contributed by atoms with E-state index in [1.807, 2.05) is 18.2 Å². The number of benzene rings is 1. The molecule has 16 heavy (non-hydrogen) atoms. The molecule has 4 N–H and O–H groups in total. The first-order chi connectivity index (χ1) is 7.69. The van der Waals surface area contributed by atoms with Gasteiger partial charge in [-0.05, 0) is 46.6 Å². The van der Waals surface area contributed by atoms with Crippen molar-refractivity contribution in [3.05, 3.63) is 33.3 Å². The molecule has 5 heteroatoms. The SMILES string of the molecule is NCC(NCCCO)c1ccc(Cl)c(Br)c1. The second-order valence-corrected chi connectivity index (χ2v) is 4.75. The van der Waals surface area contributed by atoms with Crippen molar-refractivity contribution < 1.29 is 5.11 Å². The van der Waals surface area contributed by atoms with Crippen molar-refractivity contribution in [3.8, 4) is 0 Å². The standard InChI is InChI=1S/C11H16BrClN2O/c12-9-6-8(2-3-10(9)13)11(7-14)15-4-1-5-16/h2-3,6,11,15-16H,1,4-5,7,14H2. The second-order valence-electron chi connectivity index (χ2n) is 3.49. The zero-order valence-electron chi connectivity index (χ0n) is 8.92. The minimum atomic E-state index is 0.0973. The maximum Gasteiger partial charge on any atom is 0.0548 e. The van der Waals surface area contributed by atoms with Crippen molar-refractivity contribution in [3.63, 3.8) is 0 Å². The largest absolute Gasteiger partial charge is 0.396 e. The van der Waals surface area contributed by atoms with E-state index in [1.165, 1.54) is 0 Å². The molecule has 0 aliphatic heterocycles. The fourth-order valence-corrected chi connectivity index (χ4v) is 1.94. The van der Waals surface area contributed by atoms with Gasteiger partial charge in [0.05, 0.1) is 5.02 Å². The molecule has 0 saturated heterocycles. The summed E-state index contributed by atoms with van der Waals surface area (Å²) in [5.41, 5.74) is 6.80. The number of hydrogen-bond donors (Lipinski definition) is 3. The molecule has 0 radical (unpaired) electrons. The molecule has 0 aliphatic rings. The summed E-state index contributed by atoms with van der Waals surface area (Å²) in [6.45, 7) is 1.45. The molecule has 0 aliphatic carbocycles. The maximum absolute atomic E-state index is 8.71. The van der Waals surface area contributed by atoms with Crippen molar-refractivity contribution in [2.45, 2.75) is 12.5 Å². The van der Waals surface area contributed by atoms with Gasteiger partial charge in [0, 0.05) is 23.7 Å². The summed E-state index contributed by atoms with van der Waals surface area (Å²) in [7, 11) is 0. The van der Waals surface area contributed by atoms with E-state index in [4.69, 9.17) is 22.4 Å². The predicted octanol–water partition coefficient (Wildman–Crippen LogP) is 2.07. The van der Waals surface area contributed by atoms with E-state index in [0.29, 0.717) is 11.6 Å². The van der Waals surface area contributed by atoms with E-state index in [2.05, 4.69) is 21.2 Å². The van der Waals surface area contributed by atoms with Crippen LogP contribution in [0.4, 0.5) is 0 Å². The molecule has 0 spiro atoms. The Labute approximate surface area is 109 Å². The number of hydrogen-bond acceptors (Lipinski definition) is 3. The lowest BCUT2D eigenvalue weighted by molar-refractivity contribution is 0.283. The summed E-state index contributed by atoms with van der Waals surface area (Å²) in [5, 5.41) is 12.7. The smallest absolute Gasteiger partial charge is 0.0548 e. The normalized spacial score (nSPS) is 12.8. The van der Waals surface area contributed by atoms with Gasteiger partial charge in [0.1, 0.15) is 0 Å². The van der Waals surface area contributed by atoms with E-state index in [0.717, 1.165) is 23.0 Å². The Balaban J connectivity index is 2.67. The maximum atomic E-state index is 8.71. The second kappa shape index (κ2) is 7.25. The third-order valence-corrected chi connectivity index (χ3v) is 3.52. The number of aliphatic hydroxyl groups excluding tert-OH is 1. The molecular weight excluding hydrogens is 291 g/mol. The van der Waals surface area contributed by atoms with Crippen molar-refractivity contribution >= 4 is 27.5 Å². The number of rotatable bonds is 6. The number of nitrogens with one attached hydrogen (secondary N) is 1. The highest BCUT2D eigenvalue weighted by molar-refractivity contribution is 9.10. The molecule has 0 heterocycles. The first kappa shape index (κ1) is 13.9. The average molecular weight is 308 g/mol. The molecule has 0 amide bonds. The molecular formula is C11H16BrClN2O. The Bertz CT molecular complexity index is 336. The number of halogens is 2. The van der Waals surface area contributed by atoms with Crippen LogP contribution in [0.15, 0.2) is 22.7 Å². The van der Waals surface area contributed by atoms with Crippen molar-refractivity contribution in [2.24, 2.45) is 5.73 Å². The average Bonchev–Trinajstić information content (AvgIpc) is 2.29. The minimum absolute atomic E-state index is 0.0973. The quantitative estimate of drug-likeness (QED) is 0.705. The summed E-state index contributed by atoms with van der Waals surface area (Å²) in [6.07, 6.45) is 0.727. The fourth-order valence-electron chi connectivity index (χ4n) is 1.42. The first-order valence-electron chi connectivity index (χ1n) is 5.18. The third-order valence-electron chi connectivity index (χ3n) is 2.31. The van der Waals surface area contributed by atoms with Gasteiger partial charge in [-0.1, -0.05) is 17.7 Å². The molecule has 0 saturated carbocycles. The predicted molar refractivity (Wildman–Crippen MR) is 70.7 cm³/mol. The van der Waals surface area contributed by atoms with E-state index in [-0.39, 0.29) is 12.6 Å². The van der Waals surface area contributed by atoms with Gasteiger partial charge in [-0.15, -0.1) is 0 Å². The molecule has 90 valence electrons. The van der Waals surface area contributed by atoms with Gasteiger partial charge in [0.15, 0.2) is 0 Å². The van der Waals surface area contributed by atoms with E-state index in [1.54, 1.807) is 0 Å². The molecule has 1 aromatic rings. The molecule has 3 nitrogen and oxygen atoms in total. The van der Waals surface area contributed by atoms with Crippen molar-refractivity contribution in [2.75, 3.05) is 19.7 Å². The molecule has 0 fully saturated rings. The molecule has 1 atom stereocenters. The van der Waals surface area contributed by atoms with Crippen LogP contribution in [0.3, 0.4) is 0 Å². The van der Waals surface area contributed by atoms with Gasteiger partial charge in [-0.2, -0.15) is 0 Å². The van der Waals surface area contributed by atoms with Gasteiger partial charge in [-0.25, -0.2) is 0 Å². The fraction of sp³-hybridized carbons (Fsp3) is 0.455. The van der Waals surface area contributed by atoms with Crippen LogP contribution in [0.1, 0.15) is 18.0 Å². The lowest BCUT2D eigenvalue weighted by Crippen LogP contribution is -2.29. The minimum Gasteiger partial charge on any atom is -0.396 e. The molecule has 1 aromatic carbocycles. The van der Waals surface area contributed by atoms with Gasteiger partial charge >= 0.3 is 0 Å². The Morgan fingerprint density at radius 1 is 1.50 bits per heavy atom. The van der Waals surface area contributed by atoms with Gasteiger partial charge < -0.3 is 16.2 Å². The topological polar surface area (TPSA) is 58.3 Å².